The summed E-state index contributed by atoms with van der Waals surface area (Å²) in [4.78, 5) is 94.9. The van der Waals surface area contributed by atoms with Crippen molar-refractivity contribution in [3.8, 4) is 5.75 Å². The summed E-state index contributed by atoms with van der Waals surface area (Å²) < 4.78 is 48.0. The predicted octanol–water partition coefficient (Wildman–Crippen LogP) is 4.19. The van der Waals surface area contributed by atoms with Crippen LogP contribution in [0.15, 0.2) is 66.3 Å². The lowest BCUT2D eigenvalue weighted by atomic mass is 9.83. The summed E-state index contributed by atoms with van der Waals surface area (Å²) in [5.41, 5.74) is 3.52. The summed E-state index contributed by atoms with van der Waals surface area (Å²) in [5.74, 6) is -3.85. The molecule has 1 unspecified atom stereocenters. The zero-order chi connectivity index (χ0) is 60.8. The number of aliphatic hydroxyl groups is 1. The van der Waals surface area contributed by atoms with E-state index < -0.39 is 108 Å². The normalized spacial score (nSPS) is 24.5. The highest BCUT2D eigenvalue weighted by molar-refractivity contribution is 6.35. The Balaban J connectivity index is 1.00. The number of allylic oxidation sites excluding steroid dienone is 3. The molecule has 26 heteroatoms. The minimum atomic E-state index is -1.89. The van der Waals surface area contributed by atoms with Gasteiger partial charge in [0.15, 0.2) is 12.5 Å². The standard InChI is InChI=1S/C57H79ClN8O17/c1-34-14-13-17-45(77-10)57(75)31-44(81-55(74)62-57)35(2)51-56(4,83-51)46(30-48(68)65(8)42-27-37(26-34)28-43(76-9)50(42)58)82-53(72)36(3)64(7)47(67)20-22-78-24-25-79-23-21-60-52(71)40(18-19-49(69)70)61-54(73)80-33-66-39(32-63(6)59-5)29-38-15-11-12-16-41(38)66/h11-17,27-29,35-36,40,44-46,51,59,75H,18-26,30-33H2,1-10H3,(H,60,71)(H,61,73)(H,62,74)(H,69,70)/b17-13+,34-14+/t35-,36+,40+,44+,45-,46+,51?,56+,57+/m1/s1. The molecule has 2 aromatic carbocycles. The number of carboxylic acid groups (broad SMARTS) is 1. The van der Waals surface area contributed by atoms with Crippen LogP contribution in [0.3, 0.4) is 0 Å². The van der Waals surface area contributed by atoms with E-state index in [-0.39, 0.29) is 64.0 Å². The Morgan fingerprint density at radius 1 is 1.02 bits per heavy atom. The third-order valence-corrected chi connectivity index (χ3v) is 15.5. The number of para-hydroxylation sites is 1. The third-order valence-electron chi connectivity index (χ3n) is 15.2. The number of methoxy groups -OCH3 is 2. The minimum absolute atomic E-state index is 0.0191. The summed E-state index contributed by atoms with van der Waals surface area (Å²) in [6.07, 6.45) is -1.30. The van der Waals surface area contributed by atoms with Gasteiger partial charge in [-0.2, -0.15) is 0 Å². The van der Waals surface area contributed by atoms with Gasteiger partial charge < -0.3 is 73.1 Å². The van der Waals surface area contributed by atoms with Crippen LogP contribution in [0.4, 0.5) is 15.3 Å². The number of carbonyl (C=O) groups excluding carboxylic acids is 6. The predicted molar refractivity (Wildman–Crippen MR) is 303 cm³/mol. The number of carbonyl (C=O) groups is 7. The van der Waals surface area contributed by atoms with Gasteiger partial charge in [0.25, 0.3) is 0 Å². The van der Waals surface area contributed by atoms with Crippen molar-refractivity contribution in [2.75, 3.05) is 80.3 Å². The second-order valence-corrected chi connectivity index (χ2v) is 21.4. The summed E-state index contributed by atoms with van der Waals surface area (Å²) in [6, 6.07) is 10.8. The number of alkyl carbamates (subject to hydrolysis) is 2. The molecule has 25 nitrogen and oxygen atoms in total. The molecule has 4 heterocycles. The molecule has 6 N–H and O–H groups in total. The number of anilines is 1. The fourth-order valence-corrected chi connectivity index (χ4v) is 10.3. The van der Waals surface area contributed by atoms with Crippen molar-refractivity contribution in [3.63, 3.8) is 0 Å². The number of rotatable bonds is 24. The number of aliphatic carboxylic acids is 1. The monoisotopic (exact) mass is 1180 g/mol. The van der Waals surface area contributed by atoms with Gasteiger partial charge >= 0.3 is 24.1 Å². The average Bonchev–Trinajstić information content (AvgIpc) is 2.27. The van der Waals surface area contributed by atoms with Crippen LogP contribution in [0.5, 0.6) is 5.75 Å². The van der Waals surface area contributed by atoms with E-state index in [1.165, 1.54) is 38.0 Å². The molecule has 0 radical (unpaired) electrons. The number of nitrogens with one attached hydrogen (secondary N) is 4. The van der Waals surface area contributed by atoms with Gasteiger partial charge in [-0.05, 0) is 70.5 Å². The topological polar surface area (TPSA) is 300 Å². The van der Waals surface area contributed by atoms with Crippen molar-refractivity contribution in [3.05, 3.63) is 82.5 Å². The molecule has 456 valence electrons. The van der Waals surface area contributed by atoms with Crippen LogP contribution < -0.4 is 31.0 Å². The Bertz CT molecular complexity index is 2870. The molecular weight excluding hydrogens is 1100 g/mol. The highest BCUT2D eigenvalue weighted by atomic mass is 35.5. The van der Waals surface area contributed by atoms with Gasteiger partial charge in [-0.3, -0.25) is 29.9 Å². The number of epoxide rings is 1. The lowest BCUT2D eigenvalue weighted by Gasteiger charge is -2.42. The van der Waals surface area contributed by atoms with Crippen molar-refractivity contribution < 1.29 is 81.7 Å². The van der Waals surface area contributed by atoms with Gasteiger partial charge in [0.05, 0.1) is 70.2 Å². The first-order chi connectivity index (χ1) is 39.4. The summed E-state index contributed by atoms with van der Waals surface area (Å²) in [6.45, 7) is 7.32. The number of ether oxygens (including phenoxy) is 8. The number of fused-ring (bicyclic) bond motifs is 6. The van der Waals surface area contributed by atoms with Gasteiger partial charge in [0.2, 0.25) is 17.7 Å². The third kappa shape index (κ3) is 17.1. The summed E-state index contributed by atoms with van der Waals surface area (Å²) in [5, 5.41) is 31.8. The number of hydrogen-bond donors (Lipinski definition) is 6. The van der Waals surface area contributed by atoms with Gasteiger partial charge in [-0.25, -0.2) is 19.4 Å². The van der Waals surface area contributed by atoms with E-state index in [1.54, 1.807) is 52.2 Å². The van der Waals surface area contributed by atoms with E-state index in [1.807, 2.05) is 60.0 Å². The second-order valence-electron chi connectivity index (χ2n) is 21.1. The molecule has 3 aliphatic heterocycles. The Kier molecular flexibility index (Phi) is 23.3. The Labute approximate surface area is 487 Å². The fraction of sp³-hybridized carbons (Fsp3) is 0.561. The van der Waals surface area contributed by atoms with Crippen LogP contribution >= 0.6 is 11.6 Å². The number of esters is 1. The number of nitrogens with zero attached hydrogens (tertiary/aromatic N) is 4. The van der Waals surface area contributed by atoms with Crippen LogP contribution in [-0.2, 0) is 76.8 Å². The van der Waals surface area contributed by atoms with Crippen molar-refractivity contribution in [2.45, 2.75) is 127 Å². The molecule has 0 saturated carbocycles. The van der Waals surface area contributed by atoms with E-state index in [0.717, 1.165) is 27.7 Å². The van der Waals surface area contributed by atoms with E-state index in [2.05, 4.69) is 21.4 Å². The van der Waals surface area contributed by atoms with E-state index in [0.29, 0.717) is 24.4 Å². The summed E-state index contributed by atoms with van der Waals surface area (Å²) >= 11 is 6.82. The zero-order valence-corrected chi connectivity index (χ0v) is 49.4. The highest BCUT2D eigenvalue weighted by Crippen LogP contribution is 2.49. The number of hydrazine groups is 1. The van der Waals surface area contributed by atoms with Crippen LogP contribution in [-0.4, -0.2) is 190 Å². The Morgan fingerprint density at radius 2 is 1.75 bits per heavy atom. The Hall–Kier alpha value is -6.84. The van der Waals surface area contributed by atoms with Crippen molar-refractivity contribution >= 4 is 70.0 Å². The van der Waals surface area contributed by atoms with Gasteiger partial charge in [0.1, 0.15) is 46.8 Å². The first-order valence-corrected chi connectivity index (χ1v) is 27.7. The molecule has 2 saturated heterocycles. The molecule has 3 aliphatic rings. The molecule has 1 aromatic heterocycles. The molecule has 2 fully saturated rings. The van der Waals surface area contributed by atoms with Gasteiger partial charge in [-0.15, -0.1) is 0 Å². The fourth-order valence-electron chi connectivity index (χ4n) is 9.96. The van der Waals surface area contributed by atoms with E-state index in [9.17, 15) is 43.8 Å². The first-order valence-electron chi connectivity index (χ1n) is 27.3. The van der Waals surface area contributed by atoms with Crippen LogP contribution in [0.2, 0.25) is 5.02 Å². The number of hydrogen-bond acceptors (Lipinski definition) is 18. The van der Waals surface area contributed by atoms with Crippen LogP contribution in [0, 0.1) is 5.92 Å². The quantitative estimate of drug-likeness (QED) is 0.0241. The maximum absolute atomic E-state index is 14.4. The molecule has 4 bridgehead atoms. The van der Waals surface area contributed by atoms with Gasteiger partial charge in [0, 0.05) is 64.6 Å². The summed E-state index contributed by atoms with van der Waals surface area (Å²) in [7, 11) is 9.49. The maximum Gasteiger partial charge on any atom is 0.409 e. The number of carboxylic acids is 1. The maximum atomic E-state index is 14.4. The molecule has 3 aromatic rings. The minimum Gasteiger partial charge on any atom is -0.495 e. The first kappa shape index (κ1) is 65.3. The zero-order valence-electron chi connectivity index (χ0n) is 48.7. The smallest absolute Gasteiger partial charge is 0.409 e. The largest absolute Gasteiger partial charge is 0.495 e. The number of aromatic nitrogens is 1. The van der Waals surface area contributed by atoms with Crippen LogP contribution in [0.1, 0.15) is 71.1 Å². The number of likely N-dealkylation sites (N-methyl/N-ethyl adjacent to an activating group) is 1. The lowest BCUT2D eigenvalue weighted by Crippen LogP contribution is -2.63. The molecule has 0 aliphatic carbocycles. The molecule has 0 spiro atoms. The van der Waals surface area contributed by atoms with Crippen molar-refractivity contribution in [1.82, 2.24) is 35.9 Å². The van der Waals surface area contributed by atoms with Crippen molar-refractivity contribution in [1.29, 1.82) is 0 Å². The van der Waals surface area contributed by atoms with Gasteiger partial charge in [-0.1, -0.05) is 60.5 Å². The SMILES string of the molecule is CNN(C)Cc1cc2ccccc2n1COC(=O)N[C@@H](CCC(=O)O)C(=O)NCCOCCOCCC(=O)N(C)[C@@H](C)C(=O)O[C@H]1CC(=O)N(C)c2cc(cc(OC)c2Cl)C/C(C)=C/C=C/[C@@H](OC)[C@@]2(O)C[C@H](OC(=O)N2)[C@@H](C)C2O[C@]21C. The number of amides is 5. The lowest BCUT2D eigenvalue weighted by molar-refractivity contribution is -0.162. The molecule has 5 amide bonds. The van der Waals surface area contributed by atoms with Crippen LogP contribution in [0.25, 0.3) is 10.9 Å². The second kappa shape index (κ2) is 29.6. The molecule has 6 rings (SSSR count). The Morgan fingerprint density at radius 3 is 2.45 bits per heavy atom. The average molecular weight is 1180 g/mol. The van der Waals surface area contributed by atoms with E-state index in [4.69, 9.17) is 49.5 Å². The highest BCUT2D eigenvalue weighted by Gasteiger charge is 2.64. The van der Waals surface area contributed by atoms with E-state index >= 15 is 0 Å². The number of halogens is 1. The molecule has 9 atom stereocenters. The molecule has 83 heavy (non-hydrogen) atoms. The molecular formula is C57H79ClN8O17. The number of benzene rings is 2. The van der Waals surface area contributed by atoms with Crippen molar-refractivity contribution in [2.24, 2.45) is 5.92 Å².